The maximum Gasteiger partial charge on any atom is 0.195 e. The van der Waals surface area contributed by atoms with Crippen molar-refractivity contribution in [3.63, 3.8) is 0 Å². The van der Waals surface area contributed by atoms with Crippen molar-refractivity contribution in [2.75, 3.05) is 0 Å². The molecule has 0 radical (unpaired) electrons. The maximum atomic E-state index is 5.60. The Bertz CT molecular complexity index is 576. The summed E-state index contributed by atoms with van der Waals surface area (Å²) in [6.07, 6.45) is 16.2. The summed E-state index contributed by atoms with van der Waals surface area (Å²) in [4.78, 5) is 4.42. The molecular formula is C18H22N2O. The smallest absolute Gasteiger partial charge is 0.195 e. The van der Waals surface area contributed by atoms with Crippen LogP contribution in [0.25, 0.3) is 11.1 Å². The summed E-state index contributed by atoms with van der Waals surface area (Å²) in [5.74, 6) is 0.875. The molecule has 0 atom stereocenters. The van der Waals surface area contributed by atoms with E-state index in [0.717, 1.165) is 23.4 Å². The molecule has 1 aliphatic heterocycles. The van der Waals surface area contributed by atoms with Gasteiger partial charge in [-0.05, 0) is 30.7 Å². The number of allylic oxidation sites excluding steroid dienone is 4. The Morgan fingerprint density at radius 2 is 1.76 bits per heavy atom. The lowest BCUT2D eigenvalue weighted by Gasteiger charge is -1.92. The molecule has 1 N–H and O–H groups in total. The summed E-state index contributed by atoms with van der Waals surface area (Å²) in [7, 11) is 0. The Morgan fingerprint density at radius 1 is 1.00 bits per heavy atom. The van der Waals surface area contributed by atoms with Gasteiger partial charge in [-0.3, -0.25) is 0 Å². The lowest BCUT2D eigenvalue weighted by atomic mass is 10.2. The van der Waals surface area contributed by atoms with Gasteiger partial charge in [-0.15, -0.1) is 0 Å². The van der Waals surface area contributed by atoms with Gasteiger partial charge in [0, 0.05) is 18.8 Å². The van der Waals surface area contributed by atoms with Gasteiger partial charge in [0.25, 0.3) is 0 Å². The van der Waals surface area contributed by atoms with Gasteiger partial charge in [-0.1, -0.05) is 44.1 Å². The number of oxazole rings is 1. The van der Waals surface area contributed by atoms with Gasteiger partial charge in [0.1, 0.15) is 5.52 Å². The highest BCUT2D eigenvalue weighted by molar-refractivity contribution is 5.72. The van der Waals surface area contributed by atoms with Crippen LogP contribution in [0.1, 0.15) is 32.1 Å². The van der Waals surface area contributed by atoms with E-state index in [1.165, 1.54) is 19.3 Å². The average Bonchev–Trinajstić information content (AvgIpc) is 2.72. The minimum Gasteiger partial charge on any atom is -0.441 e. The highest BCUT2D eigenvalue weighted by Gasteiger charge is 2.03. The second-order valence-corrected chi connectivity index (χ2v) is 4.80. The number of nitrogens with zero attached hydrogens (tertiary/aromatic N) is 1. The Labute approximate surface area is 126 Å². The zero-order valence-electron chi connectivity index (χ0n) is 12.5. The van der Waals surface area contributed by atoms with Crippen LogP contribution in [0.15, 0.2) is 65.4 Å². The van der Waals surface area contributed by atoms with E-state index in [1.54, 1.807) is 0 Å². The Morgan fingerprint density at radius 3 is 2.48 bits per heavy atom. The molecule has 1 aliphatic rings. The molecule has 3 nitrogen and oxygen atoms in total. The van der Waals surface area contributed by atoms with Gasteiger partial charge in [0.2, 0.25) is 0 Å². The fraction of sp³-hybridized carbons (Fsp3) is 0.278. The molecule has 1 aromatic carbocycles. The fourth-order valence-electron chi connectivity index (χ4n) is 1.96. The number of rotatable bonds is 4. The molecule has 110 valence electrons. The van der Waals surface area contributed by atoms with Crippen molar-refractivity contribution < 1.29 is 4.42 Å². The topological polar surface area (TPSA) is 38.1 Å². The number of fused-ring (bicyclic) bond motifs is 1. The predicted molar refractivity (Wildman–Crippen MR) is 87.8 cm³/mol. The van der Waals surface area contributed by atoms with Gasteiger partial charge >= 0.3 is 0 Å². The number of benzene rings is 1. The van der Waals surface area contributed by atoms with Gasteiger partial charge in [0.05, 0.1) is 0 Å². The van der Waals surface area contributed by atoms with Gasteiger partial charge in [-0.2, -0.15) is 0 Å². The SMILES string of the molecule is C1=CC=CNC=C1.CCCCCc1nc2ccccc2o1. The molecule has 0 unspecified atom stereocenters. The molecule has 0 aliphatic carbocycles. The van der Waals surface area contributed by atoms with Crippen molar-refractivity contribution >= 4 is 11.1 Å². The third kappa shape index (κ3) is 5.30. The van der Waals surface area contributed by atoms with Crippen LogP contribution in [-0.2, 0) is 6.42 Å². The van der Waals surface area contributed by atoms with E-state index in [4.69, 9.17) is 4.42 Å². The Balaban J connectivity index is 0.000000194. The number of hydrogen-bond acceptors (Lipinski definition) is 3. The summed E-state index contributed by atoms with van der Waals surface area (Å²) in [5, 5.41) is 2.92. The summed E-state index contributed by atoms with van der Waals surface area (Å²) in [6.45, 7) is 2.20. The van der Waals surface area contributed by atoms with Crippen molar-refractivity contribution in [1.29, 1.82) is 0 Å². The number of aryl methyl sites for hydroxylation is 1. The second-order valence-electron chi connectivity index (χ2n) is 4.80. The van der Waals surface area contributed by atoms with Crippen LogP contribution in [0.4, 0.5) is 0 Å². The van der Waals surface area contributed by atoms with Crippen molar-refractivity contribution in [3.8, 4) is 0 Å². The van der Waals surface area contributed by atoms with E-state index in [1.807, 2.05) is 61.0 Å². The maximum absolute atomic E-state index is 5.60. The zero-order chi connectivity index (χ0) is 14.8. The molecule has 1 aromatic heterocycles. The van der Waals surface area contributed by atoms with E-state index in [-0.39, 0.29) is 0 Å². The fourth-order valence-corrected chi connectivity index (χ4v) is 1.96. The van der Waals surface area contributed by atoms with Crippen LogP contribution in [-0.4, -0.2) is 4.98 Å². The average molecular weight is 282 g/mol. The number of aromatic nitrogens is 1. The number of unbranched alkanes of at least 4 members (excludes halogenated alkanes) is 2. The molecule has 0 bridgehead atoms. The molecule has 21 heavy (non-hydrogen) atoms. The molecule has 0 saturated heterocycles. The van der Waals surface area contributed by atoms with Gasteiger partial charge < -0.3 is 9.73 Å². The van der Waals surface area contributed by atoms with E-state index < -0.39 is 0 Å². The second kappa shape index (κ2) is 8.80. The molecule has 0 amide bonds. The summed E-state index contributed by atoms with van der Waals surface area (Å²) in [5.41, 5.74) is 1.87. The van der Waals surface area contributed by atoms with E-state index in [2.05, 4.69) is 17.2 Å². The molecule has 2 heterocycles. The van der Waals surface area contributed by atoms with Crippen LogP contribution < -0.4 is 5.32 Å². The van der Waals surface area contributed by atoms with E-state index in [0.29, 0.717) is 0 Å². The summed E-state index contributed by atoms with van der Waals surface area (Å²) < 4.78 is 5.60. The van der Waals surface area contributed by atoms with Crippen molar-refractivity contribution in [1.82, 2.24) is 10.3 Å². The normalized spacial score (nSPS) is 12.6. The molecule has 0 saturated carbocycles. The van der Waals surface area contributed by atoms with Gasteiger partial charge in [0.15, 0.2) is 11.5 Å². The van der Waals surface area contributed by atoms with Crippen LogP contribution >= 0.6 is 0 Å². The van der Waals surface area contributed by atoms with E-state index >= 15 is 0 Å². The Kier molecular flexibility index (Phi) is 6.33. The van der Waals surface area contributed by atoms with Crippen LogP contribution in [0.3, 0.4) is 0 Å². The number of para-hydroxylation sites is 2. The number of nitrogens with one attached hydrogen (secondary N) is 1. The van der Waals surface area contributed by atoms with Crippen molar-refractivity contribution in [3.05, 3.63) is 66.9 Å². The monoisotopic (exact) mass is 282 g/mol. The van der Waals surface area contributed by atoms with Crippen LogP contribution in [0.2, 0.25) is 0 Å². The first-order valence-corrected chi connectivity index (χ1v) is 7.49. The highest BCUT2D eigenvalue weighted by atomic mass is 16.3. The third-order valence-electron chi connectivity index (χ3n) is 3.05. The molecule has 2 aromatic rings. The number of hydrogen-bond donors (Lipinski definition) is 1. The van der Waals surface area contributed by atoms with Crippen molar-refractivity contribution in [2.24, 2.45) is 0 Å². The van der Waals surface area contributed by atoms with Crippen LogP contribution in [0.5, 0.6) is 0 Å². The molecule has 0 fully saturated rings. The van der Waals surface area contributed by atoms with E-state index in [9.17, 15) is 0 Å². The standard InChI is InChI=1S/C12H15NO.C6H7N/c1-2-3-4-9-12-13-10-7-5-6-8-11(10)14-12;1-2-4-6-7-5-3-1/h5-8H,2-4,9H2,1H3;1-7H. The lowest BCUT2D eigenvalue weighted by molar-refractivity contribution is 0.513. The quantitative estimate of drug-likeness (QED) is 0.823. The molecule has 0 spiro atoms. The first-order chi connectivity index (χ1) is 10.4. The summed E-state index contributed by atoms with van der Waals surface area (Å²) in [6, 6.07) is 7.91. The zero-order valence-corrected chi connectivity index (χ0v) is 12.5. The van der Waals surface area contributed by atoms with Gasteiger partial charge in [-0.25, -0.2) is 4.98 Å². The first-order valence-electron chi connectivity index (χ1n) is 7.49. The first kappa shape index (κ1) is 15.1. The highest BCUT2D eigenvalue weighted by Crippen LogP contribution is 2.16. The Hall–Kier alpha value is -2.29. The largest absolute Gasteiger partial charge is 0.441 e. The van der Waals surface area contributed by atoms with Crippen molar-refractivity contribution in [2.45, 2.75) is 32.6 Å². The predicted octanol–water partition coefficient (Wildman–Crippen LogP) is 4.73. The molecular weight excluding hydrogens is 260 g/mol. The minimum atomic E-state index is 0.875. The summed E-state index contributed by atoms with van der Waals surface area (Å²) >= 11 is 0. The minimum absolute atomic E-state index is 0.875. The van der Waals surface area contributed by atoms with Crippen LogP contribution in [0, 0.1) is 0 Å². The molecule has 3 heteroatoms. The molecule has 3 rings (SSSR count). The lowest BCUT2D eigenvalue weighted by Crippen LogP contribution is -1.87. The third-order valence-corrected chi connectivity index (χ3v) is 3.05.